The topological polar surface area (TPSA) is 4.41 Å². The summed E-state index contributed by atoms with van der Waals surface area (Å²) in [4.78, 5) is 0. The minimum Gasteiger partial charge on any atom is -0.308 e. The van der Waals surface area contributed by atoms with Crippen LogP contribution in [0.2, 0.25) is 0 Å². The van der Waals surface area contributed by atoms with Gasteiger partial charge in [0.15, 0.2) is 0 Å². The van der Waals surface area contributed by atoms with Gasteiger partial charge >= 0.3 is 0 Å². The molecule has 5 aromatic carbocycles. The molecule has 0 spiro atoms. The third-order valence-electron chi connectivity index (χ3n) is 7.29. The van der Waals surface area contributed by atoms with Gasteiger partial charge in [-0.2, -0.15) is 0 Å². The highest BCUT2D eigenvalue weighted by atomic mass is 14.9. The van der Waals surface area contributed by atoms with E-state index in [1.807, 2.05) is 0 Å². The molecule has 158 valence electrons. The van der Waals surface area contributed by atoms with Gasteiger partial charge in [0.25, 0.3) is 0 Å². The van der Waals surface area contributed by atoms with Crippen LogP contribution in [-0.2, 0) is 5.41 Å². The summed E-state index contributed by atoms with van der Waals surface area (Å²) in [6, 6.07) is 36.0. The van der Waals surface area contributed by atoms with Crippen LogP contribution < -0.4 is 0 Å². The molecule has 0 bridgehead atoms. The van der Waals surface area contributed by atoms with E-state index in [2.05, 4.69) is 122 Å². The molecule has 0 amide bonds. The van der Waals surface area contributed by atoms with Crippen molar-refractivity contribution in [3.05, 3.63) is 103 Å². The number of fused-ring (bicyclic) bond motifs is 8. The van der Waals surface area contributed by atoms with Crippen LogP contribution >= 0.6 is 0 Å². The Hall–Kier alpha value is -3.84. The third-order valence-corrected chi connectivity index (χ3v) is 7.29. The van der Waals surface area contributed by atoms with Gasteiger partial charge in [-0.05, 0) is 51.1 Å². The SMILES string of the molecule is CC(C)(C)c1ccc(-c2ccc3c(c2)c2cccc4c5c6ccccc6ccc5n3c24)cc1. The maximum atomic E-state index is 2.47. The molecule has 7 rings (SSSR count). The standard InChI is InChI=1S/C32H25N/c1-32(2,3)23-15-11-20(12-16-23)22-14-17-28-27(19-22)25-9-6-10-26-30-24-8-5-4-7-21(24)13-18-29(30)33(28)31(25)26/h4-19H,1-3H3. The van der Waals surface area contributed by atoms with Crippen LogP contribution in [0.3, 0.4) is 0 Å². The third kappa shape index (κ3) is 2.54. The first-order chi connectivity index (χ1) is 16.0. The lowest BCUT2D eigenvalue weighted by atomic mass is 9.86. The summed E-state index contributed by atoms with van der Waals surface area (Å²) in [6.45, 7) is 6.79. The summed E-state index contributed by atoms with van der Waals surface area (Å²) < 4.78 is 2.47. The van der Waals surface area contributed by atoms with Gasteiger partial charge < -0.3 is 4.40 Å². The highest BCUT2D eigenvalue weighted by Crippen LogP contribution is 2.42. The number of hydrogen-bond donors (Lipinski definition) is 0. The number of hydrogen-bond acceptors (Lipinski definition) is 0. The predicted molar refractivity (Wildman–Crippen MR) is 143 cm³/mol. The van der Waals surface area contributed by atoms with E-state index >= 15 is 0 Å². The number of benzene rings is 5. The molecule has 0 N–H and O–H groups in total. The molecule has 0 fully saturated rings. The van der Waals surface area contributed by atoms with Crippen LogP contribution in [0, 0.1) is 0 Å². The number of aromatic nitrogens is 1. The molecule has 0 radical (unpaired) electrons. The van der Waals surface area contributed by atoms with E-state index in [1.165, 1.54) is 65.6 Å². The number of para-hydroxylation sites is 1. The molecule has 0 unspecified atom stereocenters. The normalized spacial score (nSPS) is 12.7. The van der Waals surface area contributed by atoms with Crippen molar-refractivity contribution in [2.24, 2.45) is 0 Å². The summed E-state index contributed by atoms with van der Waals surface area (Å²) in [6.07, 6.45) is 0. The number of rotatable bonds is 1. The molecule has 0 aliphatic heterocycles. The molecule has 1 nitrogen and oxygen atoms in total. The second-order valence-corrected chi connectivity index (χ2v) is 10.3. The lowest BCUT2D eigenvalue weighted by Crippen LogP contribution is -2.10. The molecule has 0 saturated carbocycles. The van der Waals surface area contributed by atoms with E-state index in [0.29, 0.717) is 0 Å². The molecule has 1 heteroatoms. The van der Waals surface area contributed by atoms with E-state index in [9.17, 15) is 0 Å². The van der Waals surface area contributed by atoms with Gasteiger partial charge in [0, 0.05) is 21.5 Å². The molecule has 2 heterocycles. The first-order valence-electron chi connectivity index (χ1n) is 11.7. The summed E-state index contributed by atoms with van der Waals surface area (Å²) in [7, 11) is 0. The molecular weight excluding hydrogens is 398 g/mol. The van der Waals surface area contributed by atoms with Gasteiger partial charge in [-0.15, -0.1) is 0 Å². The Labute approximate surface area is 193 Å². The molecule has 0 aliphatic rings. The Morgan fingerprint density at radius 2 is 1.24 bits per heavy atom. The average molecular weight is 424 g/mol. The van der Waals surface area contributed by atoms with E-state index in [4.69, 9.17) is 0 Å². The van der Waals surface area contributed by atoms with Crippen molar-refractivity contribution in [2.75, 3.05) is 0 Å². The minimum absolute atomic E-state index is 0.168. The van der Waals surface area contributed by atoms with Crippen molar-refractivity contribution in [1.29, 1.82) is 0 Å². The van der Waals surface area contributed by atoms with Crippen LogP contribution in [0.4, 0.5) is 0 Å². The highest BCUT2D eigenvalue weighted by molar-refractivity contribution is 6.28. The van der Waals surface area contributed by atoms with E-state index in [0.717, 1.165) is 0 Å². The predicted octanol–water partition coefficient (Wildman–Crippen LogP) is 8.95. The molecule has 33 heavy (non-hydrogen) atoms. The fourth-order valence-corrected chi connectivity index (χ4v) is 5.59. The number of nitrogens with zero attached hydrogens (tertiary/aromatic N) is 1. The zero-order chi connectivity index (χ0) is 22.3. The van der Waals surface area contributed by atoms with Gasteiger partial charge in [0.05, 0.1) is 16.6 Å². The maximum absolute atomic E-state index is 2.47. The summed E-state index contributed by atoms with van der Waals surface area (Å²) in [5.74, 6) is 0. The van der Waals surface area contributed by atoms with Crippen molar-refractivity contribution < 1.29 is 0 Å². The van der Waals surface area contributed by atoms with Gasteiger partial charge in [-0.1, -0.05) is 99.6 Å². The smallest absolute Gasteiger partial charge is 0.0620 e. The first kappa shape index (κ1) is 18.7. The van der Waals surface area contributed by atoms with Crippen molar-refractivity contribution in [3.8, 4) is 11.1 Å². The molecule has 0 atom stereocenters. The maximum Gasteiger partial charge on any atom is 0.0620 e. The van der Waals surface area contributed by atoms with Crippen molar-refractivity contribution in [1.82, 2.24) is 4.40 Å². The van der Waals surface area contributed by atoms with Crippen LogP contribution in [0.15, 0.2) is 97.1 Å². The summed E-state index contributed by atoms with van der Waals surface area (Å²) in [5, 5.41) is 7.97. The molecule has 0 aliphatic carbocycles. The molecule has 7 aromatic rings. The summed E-state index contributed by atoms with van der Waals surface area (Å²) in [5.41, 5.74) is 7.97. The minimum atomic E-state index is 0.168. The highest BCUT2D eigenvalue weighted by Gasteiger charge is 2.19. The van der Waals surface area contributed by atoms with Gasteiger partial charge in [0.2, 0.25) is 0 Å². The van der Waals surface area contributed by atoms with Crippen LogP contribution in [0.1, 0.15) is 26.3 Å². The lowest BCUT2D eigenvalue weighted by molar-refractivity contribution is 0.590. The van der Waals surface area contributed by atoms with Crippen molar-refractivity contribution in [3.63, 3.8) is 0 Å². The van der Waals surface area contributed by atoms with Gasteiger partial charge in [-0.3, -0.25) is 0 Å². The second-order valence-electron chi connectivity index (χ2n) is 10.3. The average Bonchev–Trinajstić information content (AvgIpc) is 3.35. The van der Waals surface area contributed by atoms with Crippen molar-refractivity contribution in [2.45, 2.75) is 26.2 Å². The Bertz CT molecular complexity index is 1830. The fourth-order valence-electron chi connectivity index (χ4n) is 5.59. The van der Waals surface area contributed by atoms with Crippen LogP contribution in [0.5, 0.6) is 0 Å². The monoisotopic (exact) mass is 423 g/mol. The molecular formula is C32H25N. The Balaban J connectivity index is 1.53. The van der Waals surface area contributed by atoms with E-state index in [-0.39, 0.29) is 5.41 Å². The Morgan fingerprint density at radius 3 is 2.06 bits per heavy atom. The Morgan fingerprint density at radius 1 is 0.545 bits per heavy atom. The van der Waals surface area contributed by atoms with E-state index in [1.54, 1.807) is 0 Å². The fraction of sp³-hybridized carbons (Fsp3) is 0.125. The van der Waals surface area contributed by atoms with Crippen molar-refractivity contribution >= 4 is 48.9 Å². The zero-order valence-corrected chi connectivity index (χ0v) is 19.2. The van der Waals surface area contributed by atoms with Crippen LogP contribution in [0.25, 0.3) is 60.0 Å². The quantitative estimate of drug-likeness (QED) is 0.248. The molecule has 0 saturated heterocycles. The lowest BCUT2D eigenvalue weighted by Gasteiger charge is -2.19. The zero-order valence-electron chi connectivity index (χ0n) is 19.2. The van der Waals surface area contributed by atoms with Gasteiger partial charge in [0.1, 0.15) is 0 Å². The van der Waals surface area contributed by atoms with Crippen LogP contribution in [-0.4, -0.2) is 4.40 Å². The first-order valence-corrected chi connectivity index (χ1v) is 11.7. The summed E-state index contributed by atoms with van der Waals surface area (Å²) >= 11 is 0. The second kappa shape index (κ2) is 6.36. The van der Waals surface area contributed by atoms with E-state index < -0.39 is 0 Å². The Kier molecular flexibility index (Phi) is 3.60. The largest absolute Gasteiger partial charge is 0.308 e. The van der Waals surface area contributed by atoms with Gasteiger partial charge in [-0.25, -0.2) is 0 Å². The molecule has 2 aromatic heterocycles.